The number of methoxy groups -OCH3 is 1. The zero-order valence-corrected chi connectivity index (χ0v) is 15.9. The number of aromatic nitrogens is 2. The maximum absolute atomic E-state index is 11.5. The van der Waals surface area contributed by atoms with Gasteiger partial charge >= 0.3 is 0 Å². The lowest BCUT2D eigenvalue weighted by molar-refractivity contribution is -0.129. The van der Waals surface area contributed by atoms with Gasteiger partial charge in [-0.25, -0.2) is 4.98 Å². The van der Waals surface area contributed by atoms with Crippen LogP contribution in [0, 0.1) is 6.92 Å². The van der Waals surface area contributed by atoms with Crippen molar-refractivity contribution in [2.45, 2.75) is 13.8 Å². The summed E-state index contributed by atoms with van der Waals surface area (Å²) < 4.78 is 5.40. The second kappa shape index (κ2) is 7.78. The highest BCUT2D eigenvalue weighted by molar-refractivity contribution is 6.31. The second-order valence-electron chi connectivity index (χ2n) is 6.16. The number of halogens is 1. The summed E-state index contributed by atoms with van der Waals surface area (Å²) in [5, 5.41) is 3.92. The second-order valence-corrected chi connectivity index (χ2v) is 6.57. The van der Waals surface area contributed by atoms with Crippen molar-refractivity contribution in [1.29, 1.82) is 0 Å². The van der Waals surface area contributed by atoms with E-state index in [4.69, 9.17) is 16.3 Å². The normalized spacial score (nSPS) is 14.3. The first-order valence-electron chi connectivity index (χ1n) is 8.42. The molecule has 0 spiro atoms. The lowest BCUT2D eigenvalue weighted by Gasteiger charge is -2.34. The number of carbonyl (C=O) groups is 1. The molecule has 1 amide bonds. The number of anilines is 3. The van der Waals surface area contributed by atoms with Gasteiger partial charge < -0.3 is 19.9 Å². The Labute approximate surface area is 157 Å². The average Bonchev–Trinajstić information content (AvgIpc) is 2.65. The van der Waals surface area contributed by atoms with Crippen LogP contribution >= 0.6 is 11.6 Å². The molecular weight excluding hydrogens is 354 g/mol. The molecule has 0 unspecified atom stereocenters. The number of nitrogens with one attached hydrogen (secondary N) is 1. The van der Waals surface area contributed by atoms with E-state index in [0.29, 0.717) is 48.7 Å². The fourth-order valence-corrected chi connectivity index (χ4v) is 3.01. The van der Waals surface area contributed by atoms with Crippen molar-refractivity contribution in [2.75, 3.05) is 43.5 Å². The van der Waals surface area contributed by atoms with Gasteiger partial charge in [0.05, 0.1) is 12.8 Å². The molecule has 2 aromatic rings. The Balaban J connectivity index is 1.76. The van der Waals surface area contributed by atoms with Gasteiger partial charge in [-0.1, -0.05) is 11.6 Å². The minimum Gasteiger partial charge on any atom is -0.495 e. The molecule has 26 heavy (non-hydrogen) atoms. The molecule has 2 heterocycles. The number of carbonyl (C=O) groups excluding carboxylic acids is 1. The van der Waals surface area contributed by atoms with Crippen LogP contribution in [0.5, 0.6) is 5.75 Å². The molecule has 0 radical (unpaired) electrons. The number of benzene rings is 1. The first kappa shape index (κ1) is 18.3. The zero-order valence-electron chi connectivity index (χ0n) is 15.1. The number of hydrogen-bond donors (Lipinski definition) is 1. The monoisotopic (exact) mass is 375 g/mol. The van der Waals surface area contributed by atoms with Gasteiger partial charge in [-0.3, -0.25) is 4.79 Å². The van der Waals surface area contributed by atoms with Crippen LogP contribution in [-0.2, 0) is 4.79 Å². The minimum atomic E-state index is 0.103. The Bertz CT molecular complexity index is 806. The standard InChI is InChI=1S/C18H22ClN5O2/c1-12-10-15(16(26-3)11-14(12)19)21-17-4-5-20-18(22-17)24-8-6-23(7-9-24)13(2)25/h4-5,10-11H,6-9H2,1-3H3,(H,20,21,22). The lowest BCUT2D eigenvalue weighted by Crippen LogP contribution is -2.48. The third kappa shape index (κ3) is 3.99. The third-order valence-corrected chi connectivity index (χ3v) is 4.80. The summed E-state index contributed by atoms with van der Waals surface area (Å²) in [6, 6.07) is 5.51. The number of rotatable bonds is 4. The summed E-state index contributed by atoms with van der Waals surface area (Å²) in [6.07, 6.45) is 1.72. The van der Waals surface area contributed by atoms with Crippen LogP contribution < -0.4 is 15.0 Å². The molecule has 7 nitrogen and oxygen atoms in total. The van der Waals surface area contributed by atoms with Crippen molar-refractivity contribution >= 4 is 35.0 Å². The molecule has 1 aromatic carbocycles. The van der Waals surface area contributed by atoms with Gasteiger partial charge in [0.2, 0.25) is 11.9 Å². The maximum atomic E-state index is 11.5. The highest BCUT2D eigenvalue weighted by Gasteiger charge is 2.20. The highest BCUT2D eigenvalue weighted by Crippen LogP contribution is 2.32. The molecule has 0 saturated carbocycles. The Kier molecular flexibility index (Phi) is 5.46. The fourth-order valence-electron chi connectivity index (χ4n) is 2.86. The lowest BCUT2D eigenvalue weighted by atomic mass is 10.2. The first-order valence-corrected chi connectivity index (χ1v) is 8.80. The molecule has 1 fully saturated rings. The molecule has 8 heteroatoms. The van der Waals surface area contributed by atoms with Crippen LogP contribution in [0.25, 0.3) is 0 Å². The van der Waals surface area contributed by atoms with E-state index < -0.39 is 0 Å². The molecule has 0 aliphatic carbocycles. The van der Waals surface area contributed by atoms with E-state index in [9.17, 15) is 4.79 Å². The van der Waals surface area contributed by atoms with Gasteiger partial charge in [-0.2, -0.15) is 4.98 Å². The Hall–Kier alpha value is -2.54. The summed E-state index contributed by atoms with van der Waals surface area (Å²) in [4.78, 5) is 24.3. The molecule has 0 bridgehead atoms. The first-order chi connectivity index (χ1) is 12.5. The van der Waals surface area contributed by atoms with E-state index in [0.717, 1.165) is 11.3 Å². The van der Waals surface area contributed by atoms with Gasteiger partial charge in [0.1, 0.15) is 11.6 Å². The van der Waals surface area contributed by atoms with Gasteiger partial charge in [-0.05, 0) is 24.6 Å². The van der Waals surface area contributed by atoms with Gasteiger partial charge in [0.15, 0.2) is 0 Å². The smallest absolute Gasteiger partial charge is 0.227 e. The van der Waals surface area contributed by atoms with E-state index in [-0.39, 0.29) is 5.91 Å². The number of nitrogens with zero attached hydrogens (tertiary/aromatic N) is 4. The molecule has 1 aliphatic heterocycles. The predicted octanol–water partition coefficient (Wildman–Crippen LogP) is 2.86. The van der Waals surface area contributed by atoms with Gasteiger partial charge in [0, 0.05) is 50.4 Å². The summed E-state index contributed by atoms with van der Waals surface area (Å²) in [5.41, 5.74) is 1.74. The number of piperazine rings is 1. The fraction of sp³-hybridized carbons (Fsp3) is 0.389. The van der Waals surface area contributed by atoms with Crippen LogP contribution in [0.3, 0.4) is 0 Å². The van der Waals surface area contributed by atoms with Crippen LogP contribution in [-0.4, -0.2) is 54.1 Å². The third-order valence-electron chi connectivity index (χ3n) is 4.39. The van der Waals surface area contributed by atoms with Crippen molar-refractivity contribution in [3.8, 4) is 5.75 Å². The van der Waals surface area contributed by atoms with E-state index in [1.54, 1.807) is 32.4 Å². The zero-order chi connectivity index (χ0) is 18.7. The van der Waals surface area contributed by atoms with Crippen molar-refractivity contribution in [1.82, 2.24) is 14.9 Å². The molecule has 3 rings (SSSR count). The van der Waals surface area contributed by atoms with E-state index >= 15 is 0 Å². The SMILES string of the molecule is COc1cc(Cl)c(C)cc1Nc1ccnc(N2CCN(C(C)=O)CC2)n1. The molecule has 0 atom stereocenters. The Morgan fingerprint density at radius 1 is 1.27 bits per heavy atom. The largest absolute Gasteiger partial charge is 0.495 e. The van der Waals surface area contributed by atoms with E-state index in [2.05, 4.69) is 20.2 Å². The Morgan fingerprint density at radius 2 is 2.00 bits per heavy atom. The van der Waals surface area contributed by atoms with Crippen molar-refractivity contribution < 1.29 is 9.53 Å². The van der Waals surface area contributed by atoms with Crippen LogP contribution in [0.2, 0.25) is 5.02 Å². The number of ether oxygens (including phenoxy) is 1. The van der Waals surface area contributed by atoms with Crippen LogP contribution in [0.1, 0.15) is 12.5 Å². The molecular formula is C18H22ClN5O2. The van der Waals surface area contributed by atoms with Crippen LogP contribution in [0.4, 0.5) is 17.5 Å². The van der Waals surface area contributed by atoms with Crippen molar-refractivity contribution in [3.63, 3.8) is 0 Å². The van der Waals surface area contributed by atoms with Crippen molar-refractivity contribution in [3.05, 3.63) is 35.0 Å². The minimum absolute atomic E-state index is 0.103. The van der Waals surface area contributed by atoms with Gasteiger partial charge in [0.25, 0.3) is 0 Å². The number of hydrogen-bond acceptors (Lipinski definition) is 6. The van der Waals surface area contributed by atoms with Crippen molar-refractivity contribution in [2.24, 2.45) is 0 Å². The Morgan fingerprint density at radius 3 is 2.65 bits per heavy atom. The quantitative estimate of drug-likeness (QED) is 0.886. The summed E-state index contributed by atoms with van der Waals surface area (Å²) >= 11 is 6.16. The number of aryl methyl sites for hydroxylation is 1. The molecule has 1 N–H and O–H groups in total. The molecule has 1 saturated heterocycles. The summed E-state index contributed by atoms with van der Waals surface area (Å²) in [7, 11) is 1.60. The maximum Gasteiger partial charge on any atom is 0.227 e. The predicted molar refractivity (Wildman–Crippen MR) is 103 cm³/mol. The summed E-state index contributed by atoms with van der Waals surface area (Å²) in [5.74, 6) is 2.06. The highest BCUT2D eigenvalue weighted by atomic mass is 35.5. The average molecular weight is 376 g/mol. The molecule has 1 aliphatic rings. The summed E-state index contributed by atoms with van der Waals surface area (Å²) in [6.45, 7) is 6.32. The van der Waals surface area contributed by atoms with Crippen LogP contribution in [0.15, 0.2) is 24.4 Å². The van der Waals surface area contributed by atoms with E-state index in [1.165, 1.54) is 0 Å². The van der Waals surface area contributed by atoms with E-state index in [1.807, 2.05) is 17.9 Å². The van der Waals surface area contributed by atoms with Gasteiger partial charge in [-0.15, -0.1) is 0 Å². The molecule has 138 valence electrons. The molecule has 1 aromatic heterocycles. The topological polar surface area (TPSA) is 70.6 Å². The number of amides is 1.